The van der Waals surface area contributed by atoms with Crippen LogP contribution in [0.15, 0.2) is 4.42 Å². The molecule has 0 aliphatic rings. The largest absolute Gasteiger partial charge is 0.407 e. The fourth-order valence-electron chi connectivity index (χ4n) is 0.948. The maximum atomic E-state index is 5.33. The Bertz CT molecular complexity index is 275. The van der Waals surface area contributed by atoms with Crippen LogP contribution < -0.4 is 10.6 Å². The first-order valence-electron chi connectivity index (χ1n) is 5.01. The molecule has 0 saturated carbocycles. The van der Waals surface area contributed by atoms with Crippen LogP contribution in [-0.4, -0.2) is 36.5 Å². The minimum atomic E-state index is 0.404. The van der Waals surface area contributed by atoms with E-state index in [9.17, 15) is 0 Å². The van der Waals surface area contributed by atoms with E-state index in [1.165, 1.54) is 0 Å². The first kappa shape index (κ1) is 11.9. The van der Waals surface area contributed by atoms with E-state index in [1.54, 1.807) is 7.11 Å². The van der Waals surface area contributed by atoms with E-state index in [2.05, 4.69) is 34.7 Å². The highest BCUT2D eigenvalue weighted by molar-refractivity contribution is 5.16. The first-order valence-corrected chi connectivity index (χ1v) is 5.01. The van der Waals surface area contributed by atoms with Gasteiger partial charge in [0.1, 0.15) is 0 Å². The molecule has 0 radical (unpaired) electrons. The number of ether oxygens (including phenoxy) is 1. The predicted molar refractivity (Wildman–Crippen MR) is 56.6 cm³/mol. The van der Waals surface area contributed by atoms with Crippen LogP contribution in [-0.2, 0) is 11.3 Å². The number of nitrogens with one attached hydrogen (secondary N) is 2. The molecule has 1 heterocycles. The van der Waals surface area contributed by atoms with E-state index >= 15 is 0 Å². The lowest BCUT2D eigenvalue weighted by atomic mass is 10.4. The quantitative estimate of drug-likeness (QED) is 0.648. The van der Waals surface area contributed by atoms with Gasteiger partial charge in [0, 0.05) is 19.7 Å². The summed E-state index contributed by atoms with van der Waals surface area (Å²) in [6.45, 7) is 6.00. The van der Waals surface area contributed by atoms with Crippen molar-refractivity contribution in [1.82, 2.24) is 15.5 Å². The van der Waals surface area contributed by atoms with E-state index in [4.69, 9.17) is 9.15 Å². The van der Waals surface area contributed by atoms with Crippen LogP contribution in [0.2, 0.25) is 0 Å². The van der Waals surface area contributed by atoms with Crippen molar-refractivity contribution in [3.63, 3.8) is 0 Å². The summed E-state index contributed by atoms with van der Waals surface area (Å²) in [4.78, 5) is 0. The molecule has 6 nitrogen and oxygen atoms in total. The SMILES string of the molecule is COCCNc1nnc(CNC(C)C)o1. The van der Waals surface area contributed by atoms with Gasteiger partial charge in [0.05, 0.1) is 13.2 Å². The molecule has 0 amide bonds. The number of rotatable bonds is 7. The van der Waals surface area contributed by atoms with Gasteiger partial charge in [0.25, 0.3) is 0 Å². The minimum Gasteiger partial charge on any atom is -0.407 e. The van der Waals surface area contributed by atoms with Gasteiger partial charge in [-0.1, -0.05) is 18.9 Å². The number of aromatic nitrogens is 2. The second-order valence-electron chi connectivity index (χ2n) is 3.46. The van der Waals surface area contributed by atoms with Crippen LogP contribution in [0, 0.1) is 0 Å². The van der Waals surface area contributed by atoms with Gasteiger partial charge in [-0.25, -0.2) is 0 Å². The highest BCUT2D eigenvalue weighted by atomic mass is 16.5. The lowest BCUT2D eigenvalue weighted by molar-refractivity contribution is 0.210. The van der Waals surface area contributed by atoms with Crippen molar-refractivity contribution in [2.24, 2.45) is 0 Å². The topological polar surface area (TPSA) is 72.2 Å². The van der Waals surface area contributed by atoms with Gasteiger partial charge in [-0.2, -0.15) is 0 Å². The van der Waals surface area contributed by atoms with Gasteiger partial charge in [-0.15, -0.1) is 5.10 Å². The second kappa shape index (κ2) is 6.36. The molecule has 1 aromatic rings. The molecule has 1 rings (SSSR count). The number of methoxy groups -OCH3 is 1. The summed E-state index contributed by atoms with van der Waals surface area (Å²) in [6, 6.07) is 0.842. The third kappa shape index (κ3) is 4.75. The number of hydrogen-bond acceptors (Lipinski definition) is 6. The molecule has 0 saturated heterocycles. The molecule has 0 aliphatic carbocycles. The van der Waals surface area contributed by atoms with Gasteiger partial charge in [-0.3, -0.25) is 0 Å². The Morgan fingerprint density at radius 2 is 2.20 bits per heavy atom. The van der Waals surface area contributed by atoms with E-state index in [1.807, 2.05) is 0 Å². The van der Waals surface area contributed by atoms with Crippen LogP contribution in [0.1, 0.15) is 19.7 Å². The van der Waals surface area contributed by atoms with E-state index in [0.717, 1.165) is 0 Å². The van der Waals surface area contributed by atoms with E-state index in [0.29, 0.717) is 37.6 Å². The summed E-state index contributed by atoms with van der Waals surface area (Å²) >= 11 is 0. The molecule has 1 aromatic heterocycles. The van der Waals surface area contributed by atoms with E-state index < -0.39 is 0 Å². The van der Waals surface area contributed by atoms with Gasteiger partial charge in [0.15, 0.2) is 0 Å². The van der Waals surface area contributed by atoms with Crippen LogP contribution in [0.5, 0.6) is 0 Å². The average Bonchev–Trinajstić information content (AvgIpc) is 2.63. The Morgan fingerprint density at radius 3 is 2.87 bits per heavy atom. The monoisotopic (exact) mass is 214 g/mol. The Balaban J connectivity index is 2.29. The summed E-state index contributed by atoms with van der Waals surface area (Å²) in [6.07, 6.45) is 0. The van der Waals surface area contributed by atoms with Gasteiger partial charge >= 0.3 is 6.01 Å². The third-order valence-electron chi connectivity index (χ3n) is 1.71. The summed E-state index contributed by atoms with van der Waals surface area (Å²) in [7, 11) is 1.65. The van der Waals surface area contributed by atoms with E-state index in [-0.39, 0.29) is 0 Å². The zero-order valence-corrected chi connectivity index (χ0v) is 9.41. The molecule has 0 atom stereocenters. The van der Waals surface area contributed by atoms with Crippen molar-refractivity contribution in [1.29, 1.82) is 0 Å². The average molecular weight is 214 g/mol. The van der Waals surface area contributed by atoms with Crippen molar-refractivity contribution >= 4 is 6.01 Å². The van der Waals surface area contributed by atoms with Gasteiger partial charge in [-0.05, 0) is 0 Å². The fourth-order valence-corrected chi connectivity index (χ4v) is 0.948. The first-order chi connectivity index (χ1) is 7.22. The minimum absolute atomic E-state index is 0.404. The van der Waals surface area contributed by atoms with Crippen molar-refractivity contribution in [3.05, 3.63) is 5.89 Å². The molecular weight excluding hydrogens is 196 g/mol. The van der Waals surface area contributed by atoms with Crippen LogP contribution >= 0.6 is 0 Å². The summed E-state index contributed by atoms with van der Waals surface area (Å²) in [5, 5.41) is 13.9. The number of hydrogen-bond donors (Lipinski definition) is 2. The molecule has 2 N–H and O–H groups in total. The lowest BCUT2D eigenvalue weighted by Crippen LogP contribution is -2.21. The molecule has 86 valence electrons. The van der Waals surface area contributed by atoms with Crippen molar-refractivity contribution in [2.45, 2.75) is 26.4 Å². The molecule has 0 bridgehead atoms. The maximum absolute atomic E-state index is 5.33. The second-order valence-corrected chi connectivity index (χ2v) is 3.46. The molecule has 0 unspecified atom stereocenters. The van der Waals surface area contributed by atoms with Crippen LogP contribution in [0.4, 0.5) is 6.01 Å². The summed E-state index contributed by atoms with van der Waals surface area (Å²) in [5.41, 5.74) is 0. The number of nitrogens with zero attached hydrogens (tertiary/aromatic N) is 2. The lowest BCUT2D eigenvalue weighted by Gasteiger charge is -2.03. The molecule has 6 heteroatoms. The Hall–Kier alpha value is -1.14. The normalized spacial score (nSPS) is 10.9. The van der Waals surface area contributed by atoms with Crippen molar-refractivity contribution < 1.29 is 9.15 Å². The molecule has 0 fully saturated rings. The smallest absolute Gasteiger partial charge is 0.315 e. The predicted octanol–water partition coefficient (Wildman–Crippen LogP) is 0.626. The summed E-state index contributed by atoms with van der Waals surface area (Å²) in [5.74, 6) is 0.587. The summed E-state index contributed by atoms with van der Waals surface area (Å²) < 4.78 is 10.2. The van der Waals surface area contributed by atoms with Crippen molar-refractivity contribution in [3.8, 4) is 0 Å². The maximum Gasteiger partial charge on any atom is 0.315 e. The van der Waals surface area contributed by atoms with Gasteiger partial charge < -0.3 is 19.8 Å². The molecular formula is C9H18N4O2. The molecule has 0 spiro atoms. The molecule has 0 aromatic carbocycles. The van der Waals surface area contributed by atoms with Crippen LogP contribution in [0.3, 0.4) is 0 Å². The Kier molecular flexibility index (Phi) is 5.06. The third-order valence-corrected chi connectivity index (χ3v) is 1.71. The zero-order chi connectivity index (χ0) is 11.1. The highest BCUT2D eigenvalue weighted by Crippen LogP contribution is 2.04. The van der Waals surface area contributed by atoms with Crippen LogP contribution in [0.25, 0.3) is 0 Å². The Labute approximate surface area is 89.4 Å². The zero-order valence-electron chi connectivity index (χ0n) is 9.41. The molecule has 15 heavy (non-hydrogen) atoms. The Morgan fingerprint density at radius 1 is 1.40 bits per heavy atom. The standard InChI is InChI=1S/C9H18N4O2/c1-7(2)11-6-8-12-13-9(15-8)10-4-5-14-3/h7,11H,4-6H2,1-3H3,(H,10,13). The highest BCUT2D eigenvalue weighted by Gasteiger charge is 2.05. The fraction of sp³-hybridized carbons (Fsp3) is 0.778. The molecule has 0 aliphatic heterocycles. The van der Waals surface area contributed by atoms with Gasteiger partial charge in [0.2, 0.25) is 5.89 Å². The van der Waals surface area contributed by atoms with Crippen molar-refractivity contribution in [2.75, 3.05) is 25.6 Å². The number of anilines is 1.